The SMILES string of the molecule is CC(C)(C)OC(=O)NC1CCN(c2ncc(C(=O)NCc3ccccc3F)c(N)n2)CC1. The molecular weight excluding hydrogens is 415 g/mol. The average Bonchev–Trinajstić information content (AvgIpc) is 2.72. The van der Waals surface area contributed by atoms with Crippen molar-refractivity contribution >= 4 is 23.8 Å². The van der Waals surface area contributed by atoms with E-state index >= 15 is 0 Å². The molecule has 0 aliphatic carbocycles. The predicted molar refractivity (Wildman–Crippen MR) is 119 cm³/mol. The van der Waals surface area contributed by atoms with Crippen LogP contribution in [-0.4, -0.2) is 46.7 Å². The molecule has 0 atom stereocenters. The lowest BCUT2D eigenvalue weighted by molar-refractivity contribution is 0.0497. The highest BCUT2D eigenvalue weighted by Crippen LogP contribution is 2.19. The van der Waals surface area contributed by atoms with E-state index in [1.807, 2.05) is 25.7 Å². The lowest BCUT2D eigenvalue weighted by atomic mass is 10.1. The zero-order valence-corrected chi connectivity index (χ0v) is 18.5. The molecule has 1 fully saturated rings. The molecule has 32 heavy (non-hydrogen) atoms. The Morgan fingerprint density at radius 2 is 1.94 bits per heavy atom. The van der Waals surface area contributed by atoms with Crippen molar-refractivity contribution in [1.29, 1.82) is 0 Å². The van der Waals surface area contributed by atoms with Gasteiger partial charge in [-0.2, -0.15) is 4.98 Å². The van der Waals surface area contributed by atoms with Gasteiger partial charge in [-0.25, -0.2) is 14.2 Å². The fourth-order valence-corrected chi connectivity index (χ4v) is 3.32. The van der Waals surface area contributed by atoms with E-state index in [4.69, 9.17) is 10.5 Å². The van der Waals surface area contributed by atoms with Gasteiger partial charge in [-0.1, -0.05) is 18.2 Å². The number of benzene rings is 1. The van der Waals surface area contributed by atoms with Gasteiger partial charge in [0, 0.05) is 37.4 Å². The number of carbonyl (C=O) groups is 2. The minimum absolute atomic E-state index is 0.00174. The van der Waals surface area contributed by atoms with E-state index in [2.05, 4.69) is 20.6 Å². The molecule has 3 rings (SSSR count). The number of nitrogens with two attached hydrogens (primary N) is 1. The van der Waals surface area contributed by atoms with Crippen LogP contribution in [0.2, 0.25) is 0 Å². The van der Waals surface area contributed by atoms with Crippen LogP contribution >= 0.6 is 0 Å². The summed E-state index contributed by atoms with van der Waals surface area (Å²) < 4.78 is 19.0. The Labute approximate surface area is 186 Å². The van der Waals surface area contributed by atoms with Gasteiger partial charge < -0.3 is 26.0 Å². The maximum absolute atomic E-state index is 13.7. The quantitative estimate of drug-likeness (QED) is 0.648. The smallest absolute Gasteiger partial charge is 0.407 e. The van der Waals surface area contributed by atoms with E-state index in [1.165, 1.54) is 12.3 Å². The zero-order chi connectivity index (χ0) is 23.3. The number of halogens is 1. The third-order valence-electron chi connectivity index (χ3n) is 4.95. The fraction of sp³-hybridized carbons (Fsp3) is 0.455. The number of carbonyl (C=O) groups excluding carboxylic acids is 2. The number of rotatable bonds is 5. The molecule has 9 nitrogen and oxygen atoms in total. The second kappa shape index (κ2) is 9.80. The van der Waals surface area contributed by atoms with E-state index < -0.39 is 23.4 Å². The molecule has 10 heteroatoms. The molecule has 1 saturated heterocycles. The maximum atomic E-state index is 13.7. The monoisotopic (exact) mass is 444 g/mol. The summed E-state index contributed by atoms with van der Waals surface area (Å²) in [5.74, 6) is -0.395. The van der Waals surface area contributed by atoms with Crippen molar-refractivity contribution in [3.05, 3.63) is 47.4 Å². The van der Waals surface area contributed by atoms with Gasteiger partial charge >= 0.3 is 6.09 Å². The van der Waals surface area contributed by atoms with Crippen LogP contribution in [0.3, 0.4) is 0 Å². The van der Waals surface area contributed by atoms with E-state index in [-0.39, 0.29) is 24.0 Å². The molecule has 0 spiro atoms. The number of ether oxygens (including phenoxy) is 1. The Balaban J connectivity index is 1.53. The predicted octanol–water partition coefficient (Wildman–Crippen LogP) is 2.62. The first-order chi connectivity index (χ1) is 15.1. The van der Waals surface area contributed by atoms with Gasteiger partial charge in [0.2, 0.25) is 5.95 Å². The molecule has 1 aliphatic rings. The number of hydrogen-bond acceptors (Lipinski definition) is 7. The number of aromatic nitrogens is 2. The number of nitrogen functional groups attached to an aromatic ring is 1. The molecule has 172 valence electrons. The minimum Gasteiger partial charge on any atom is -0.444 e. The molecule has 2 heterocycles. The van der Waals surface area contributed by atoms with Crippen molar-refractivity contribution in [2.24, 2.45) is 0 Å². The summed E-state index contributed by atoms with van der Waals surface area (Å²) in [7, 11) is 0. The number of nitrogens with zero attached hydrogens (tertiary/aromatic N) is 3. The summed E-state index contributed by atoms with van der Waals surface area (Å²) in [5, 5.41) is 5.51. The van der Waals surface area contributed by atoms with Crippen LogP contribution in [-0.2, 0) is 11.3 Å². The van der Waals surface area contributed by atoms with Crippen LogP contribution in [0.1, 0.15) is 49.5 Å². The molecule has 2 amide bonds. The molecule has 0 unspecified atom stereocenters. The van der Waals surface area contributed by atoms with Crippen molar-refractivity contribution in [1.82, 2.24) is 20.6 Å². The Kier molecular flexibility index (Phi) is 7.12. The lowest BCUT2D eigenvalue weighted by Gasteiger charge is -2.32. The Hall–Kier alpha value is -3.43. The average molecular weight is 445 g/mol. The highest BCUT2D eigenvalue weighted by atomic mass is 19.1. The second-order valence-corrected chi connectivity index (χ2v) is 8.65. The van der Waals surface area contributed by atoms with Crippen molar-refractivity contribution in [3.63, 3.8) is 0 Å². The highest BCUT2D eigenvalue weighted by molar-refractivity contribution is 5.98. The Morgan fingerprint density at radius 1 is 1.25 bits per heavy atom. The van der Waals surface area contributed by atoms with Crippen molar-refractivity contribution in [2.75, 3.05) is 23.7 Å². The largest absolute Gasteiger partial charge is 0.444 e. The molecule has 4 N–H and O–H groups in total. The maximum Gasteiger partial charge on any atom is 0.407 e. The van der Waals surface area contributed by atoms with Gasteiger partial charge in [0.1, 0.15) is 17.2 Å². The van der Waals surface area contributed by atoms with Crippen LogP contribution in [0, 0.1) is 5.82 Å². The third-order valence-corrected chi connectivity index (χ3v) is 4.95. The summed E-state index contributed by atoms with van der Waals surface area (Å²) in [6.07, 6.45) is 2.35. The molecule has 1 aromatic carbocycles. The number of nitrogens with one attached hydrogen (secondary N) is 2. The molecule has 0 bridgehead atoms. The van der Waals surface area contributed by atoms with Crippen molar-refractivity contribution in [3.8, 4) is 0 Å². The van der Waals surface area contributed by atoms with Gasteiger partial charge in [0.05, 0.1) is 5.56 Å². The van der Waals surface area contributed by atoms with Gasteiger partial charge in [-0.3, -0.25) is 4.79 Å². The first-order valence-electron chi connectivity index (χ1n) is 10.5. The first-order valence-corrected chi connectivity index (χ1v) is 10.5. The summed E-state index contributed by atoms with van der Waals surface area (Å²) in [4.78, 5) is 34.9. The molecular formula is C22H29FN6O3. The second-order valence-electron chi connectivity index (χ2n) is 8.65. The molecule has 2 aromatic rings. The summed E-state index contributed by atoms with van der Waals surface area (Å²) in [6.45, 7) is 6.74. The van der Waals surface area contributed by atoms with Crippen LogP contribution in [0.25, 0.3) is 0 Å². The van der Waals surface area contributed by atoms with E-state index in [0.717, 1.165) is 0 Å². The van der Waals surface area contributed by atoms with Crippen LogP contribution in [0.5, 0.6) is 0 Å². The molecule has 1 aromatic heterocycles. The van der Waals surface area contributed by atoms with Crippen molar-refractivity contribution < 1.29 is 18.7 Å². The van der Waals surface area contributed by atoms with Crippen LogP contribution in [0.4, 0.5) is 21.0 Å². The Bertz CT molecular complexity index is 970. The highest BCUT2D eigenvalue weighted by Gasteiger charge is 2.25. The number of piperidine rings is 1. The number of anilines is 2. The standard InChI is InChI=1S/C22H29FN6O3/c1-22(2,3)32-21(31)27-15-8-10-29(11-9-15)20-26-13-16(18(24)28-20)19(30)25-12-14-6-4-5-7-17(14)23/h4-7,13,15H,8-12H2,1-3H3,(H,25,30)(H,27,31)(H2,24,26,28). The third kappa shape index (κ3) is 6.29. The number of hydrogen-bond donors (Lipinski definition) is 3. The van der Waals surface area contributed by atoms with Crippen molar-refractivity contribution in [2.45, 2.75) is 51.8 Å². The molecule has 1 aliphatic heterocycles. The van der Waals surface area contributed by atoms with Crippen LogP contribution in [0.15, 0.2) is 30.5 Å². The summed E-state index contributed by atoms with van der Waals surface area (Å²) >= 11 is 0. The fourth-order valence-electron chi connectivity index (χ4n) is 3.32. The lowest BCUT2D eigenvalue weighted by Crippen LogP contribution is -2.46. The van der Waals surface area contributed by atoms with Gasteiger partial charge in [0.25, 0.3) is 5.91 Å². The summed E-state index contributed by atoms with van der Waals surface area (Å²) in [6, 6.07) is 6.21. The van der Waals surface area contributed by atoms with Gasteiger partial charge in [-0.15, -0.1) is 0 Å². The van der Waals surface area contributed by atoms with E-state index in [0.29, 0.717) is 37.4 Å². The zero-order valence-electron chi connectivity index (χ0n) is 18.5. The van der Waals surface area contributed by atoms with Crippen LogP contribution < -0.4 is 21.3 Å². The Morgan fingerprint density at radius 3 is 2.56 bits per heavy atom. The topological polar surface area (TPSA) is 122 Å². The number of alkyl carbamates (subject to hydrolysis) is 1. The van der Waals surface area contributed by atoms with E-state index in [9.17, 15) is 14.0 Å². The minimum atomic E-state index is -0.542. The van der Waals surface area contributed by atoms with E-state index in [1.54, 1.807) is 18.2 Å². The summed E-state index contributed by atoms with van der Waals surface area (Å²) in [5.41, 5.74) is 5.96. The van der Waals surface area contributed by atoms with Gasteiger partial charge in [0.15, 0.2) is 0 Å². The molecule has 0 saturated carbocycles. The molecule has 0 radical (unpaired) electrons. The van der Waals surface area contributed by atoms with Gasteiger partial charge in [-0.05, 0) is 39.7 Å². The normalized spacial score (nSPS) is 14.7. The number of amides is 2. The first kappa shape index (κ1) is 23.2.